The van der Waals surface area contributed by atoms with Gasteiger partial charge < -0.3 is 5.73 Å². The maximum Gasteiger partial charge on any atom is 0.158 e. The van der Waals surface area contributed by atoms with Crippen molar-refractivity contribution in [3.05, 3.63) is 63.6 Å². The summed E-state index contributed by atoms with van der Waals surface area (Å²) in [5.74, 6) is -0.288. The van der Waals surface area contributed by atoms with Gasteiger partial charge in [-0.2, -0.15) is 0 Å². The highest BCUT2D eigenvalue weighted by Crippen LogP contribution is 2.23. The van der Waals surface area contributed by atoms with Gasteiger partial charge in [0.25, 0.3) is 0 Å². The van der Waals surface area contributed by atoms with Crippen LogP contribution in [0.15, 0.2) is 42.5 Å². The first-order valence-electron chi connectivity index (χ1n) is 5.85. The second-order valence-electron chi connectivity index (χ2n) is 4.47. The highest BCUT2D eigenvalue weighted by atomic mass is 35.5. The van der Waals surface area contributed by atoms with E-state index in [-0.39, 0.29) is 11.5 Å². The van der Waals surface area contributed by atoms with Crippen LogP contribution in [0.1, 0.15) is 11.1 Å². The number of sulfone groups is 1. The molecule has 2 N–H and O–H groups in total. The summed E-state index contributed by atoms with van der Waals surface area (Å²) in [4.78, 5) is 0. The van der Waals surface area contributed by atoms with Crippen LogP contribution in [0, 0.1) is 0 Å². The number of hydrogen-bond acceptors (Lipinski definition) is 3. The van der Waals surface area contributed by atoms with E-state index in [0.29, 0.717) is 26.9 Å². The van der Waals surface area contributed by atoms with E-state index >= 15 is 0 Å². The smallest absolute Gasteiger partial charge is 0.158 e. The third kappa shape index (κ3) is 3.88. The zero-order valence-corrected chi connectivity index (χ0v) is 12.8. The average molecular weight is 330 g/mol. The van der Waals surface area contributed by atoms with Crippen molar-refractivity contribution in [1.29, 1.82) is 0 Å². The lowest BCUT2D eigenvalue weighted by atomic mass is 10.2. The molecule has 20 heavy (non-hydrogen) atoms. The maximum atomic E-state index is 12.2. The topological polar surface area (TPSA) is 60.2 Å². The summed E-state index contributed by atoms with van der Waals surface area (Å²) in [6.45, 7) is 0. The summed E-state index contributed by atoms with van der Waals surface area (Å²) >= 11 is 11.8. The van der Waals surface area contributed by atoms with E-state index in [9.17, 15) is 8.42 Å². The Morgan fingerprint density at radius 2 is 1.60 bits per heavy atom. The van der Waals surface area contributed by atoms with Gasteiger partial charge in [-0.15, -0.1) is 0 Å². The first-order valence-corrected chi connectivity index (χ1v) is 8.43. The highest BCUT2D eigenvalue weighted by molar-refractivity contribution is 7.89. The van der Waals surface area contributed by atoms with Crippen LogP contribution in [-0.4, -0.2) is 8.42 Å². The van der Waals surface area contributed by atoms with Crippen molar-refractivity contribution in [3.8, 4) is 0 Å². The van der Waals surface area contributed by atoms with Crippen LogP contribution in [-0.2, 0) is 21.3 Å². The zero-order chi connectivity index (χ0) is 14.8. The molecule has 3 nitrogen and oxygen atoms in total. The molecular weight excluding hydrogens is 317 g/mol. The first kappa shape index (κ1) is 15.2. The van der Waals surface area contributed by atoms with Gasteiger partial charge >= 0.3 is 0 Å². The van der Waals surface area contributed by atoms with Crippen molar-refractivity contribution in [2.45, 2.75) is 11.5 Å². The molecule has 0 spiro atoms. The standard InChI is InChI=1S/C14H13Cl2NO2S/c15-12-5-6-14(17)11(7-12)9-20(18,19)8-10-3-1-2-4-13(10)16/h1-7H,8-9,17H2. The van der Waals surface area contributed by atoms with E-state index in [2.05, 4.69) is 0 Å². The van der Waals surface area contributed by atoms with E-state index in [4.69, 9.17) is 28.9 Å². The van der Waals surface area contributed by atoms with Gasteiger partial charge in [0.1, 0.15) is 0 Å². The lowest BCUT2D eigenvalue weighted by molar-refractivity contribution is 0.594. The molecule has 0 saturated carbocycles. The Balaban J connectivity index is 2.24. The Labute approximate surface area is 128 Å². The molecule has 0 aliphatic rings. The van der Waals surface area contributed by atoms with Crippen LogP contribution in [0.3, 0.4) is 0 Å². The minimum Gasteiger partial charge on any atom is -0.398 e. The van der Waals surface area contributed by atoms with E-state index in [1.54, 1.807) is 42.5 Å². The number of halogens is 2. The van der Waals surface area contributed by atoms with Gasteiger partial charge in [-0.3, -0.25) is 0 Å². The number of nitrogens with two attached hydrogens (primary N) is 1. The molecular formula is C14H13Cl2NO2S. The average Bonchev–Trinajstić information content (AvgIpc) is 2.36. The maximum absolute atomic E-state index is 12.2. The van der Waals surface area contributed by atoms with E-state index in [1.807, 2.05) is 0 Å². The molecule has 0 fully saturated rings. The molecule has 2 rings (SSSR count). The van der Waals surface area contributed by atoms with Gasteiger partial charge in [0, 0.05) is 15.7 Å². The minimum atomic E-state index is -3.37. The normalized spacial score (nSPS) is 11.5. The molecule has 0 aliphatic heterocycles. The molecule has 0 amide bonds. The Bertz CT molecular complexity index is 730. The van der Waals surface area contributed by atoms with Crippen LogP contribution >= 0.6 is 23.2 Å². The van der Waals surface area contributed by atoms with Gasteiger partial charge in [-0.25, -0.2) is 8.42 Å². The fourth-order valence-corrected chi connectivity index (χ4v) is 3.87. The quantitative estimate of drug-likeness (QED) is 0.870. The summed E-state index contributed by atoms with van der Waals surface area (Å²) in [6.07, 6.45) is 0. The lowest BCUT2D eigenvalue weighted by Gasteiger charge is -2.09. The second-order valence-corrected chi connectivity index (χ2v) is 7.37. The summed E-state index contributed by atoms with van der Waals surface area (Å²) in [7, 11) is -3.37. The van der Waals surface area contributed by atoms with Crippen molar-refractivity contribution in [2.75, 3.05) is 5.73 Å². The number of rotatable bonds is 4. The minimum absolute atomic E-state index is 0.126. The highest BCUT2D eigenvalue weighted by Gasteiger charge is 2.16. The number of hydrogen-bond donors (Lipinski definition) is 1. The predicted molar refractivity (Wildman–Crippen MR) is 83.6 cm³/mol. The number of anilines is 1. The van der Waals surface area contributed by atoms with Crippen molar-refractivity contribution < 1.29 is 8.42 Å². The van der Waals surface area contributed by atoms with Gasteiger partial charge in [0.05, 0.1) is 11.5 Å². The summed E-state index contributed by atoms with van der Waals surface area (Å²) < 4.78 is 24.5. The molecule has 0 aliphatic carbocycles. The van der Waals surface area contributed by atoms with Gasteiger partial charge in [0.2, 0.25) is 0 Å². The molecule has 0 bridgehead atoms. The summed E-state index contributed by atoms with van der Waals surface area (Å²) in [5.41, 5.74) is 7.27. The van der Waals surface area contributed by atoms with Crippen molar-refractivity contribution >= 4 is 38.7 Å². The van der Waals surface area contributed by atoms with Crippen LogP contribution in [0.4, 0.5) is 5.69 Å². The van der Waals surface area contributed by atoms with Crippen LogP contribution < -0.4 is 5.73 Å². The van der Waals surface area contributed by atoms with Crippen LogP contribution in [0.25, 0.3) is 0 Å². The Kier molecular flexibility index (Phi) is 4.58. The number of benzene rings is 2. The zero-order valence-electron chi connectivity index (χ0n) is 10.5. The fourth-order valence-electron chi connectivity index (χ4n) is 1.84. The first-order chi connectivity index (χ1) is 9.37. The fraction of sp³-hybridized carbons (Fsp3) is 0.143. The van der Waals surface area contributed by atoms with E-state index < -0.39 is 9.84 Å². The van der Waals surface area contributed by atoms with Crippen LogP contribution in [0.5, 0.6) is 0 Å². The van der Waals surface area contributed by atoms with Gasteiger partial charge in [-0.05, 0) is 35.4 Å². The third-order valence-electron chi connectivity index (χ3n) is 2.81. The Hall–Kier alpha value is -1.23. The molecule has 0 saturated heterocycles. The molecule has 0 radical (unpaired) electrons. The monoisotopic (exact) mass is 329 g/mol. The molecule has 6 heteroatoms. The van der Waals surface area contributed by atoms with Crippen molar-refractivity contribution in [2.24, 2.45) is 0 Å². The van der Waals surface area contributed by atoms with E-state index in [1.165, 1.54) is 0 Å². The van der Waals surface area contributed by atoms with Crippen molar-refractivity contribution in [3.63, 3.8) is 0 Å². The van der Waals surface area contributed by atoms with Crippen molar-refractivity contribution in [1.82, 2.24) is 0 Å². The largest absolute Gasteiger partial charge is 0.398 e. The molecule has 2 aromatic rings. The molecule has 2 aromatic carbocycles. The Morgan fingerprint density at radius 1 is 0.950 bits per heavy atom. The van der Waals surface area contributed by atoms with E-state index in [0.717, 1.165) is 0 Å². The predicted octanol–water partition coefficient (Wildman–Crippen LogP) is 3.69. The summed E-state index contributed by atoms with van der Waals surface area (Å²) in [5, 5.41) is 0.900. The van der Waals surface area contributed by atoms with Gasteiger partial charge in [-0.1, -0.05) is 41.4 Å². The molecule has 0 aromatic heterocycles. The lowest BCUT2D eigenvalue weighted by Crippen LogP contribution is -2.09. The van der Waals surface area contributed by atoms with Crippen LogP contribution in [0.2, 0.25) is 10.0 Å². The Morgan fingerprint density at radius 3 is 2.30 bits per heavy atom. The van der Waals surface area contributed by atoms with Gasteiger partial charge in [0.15, 0.2) is 9.84 Å². The second kappa shape index (κ2) is 6.04. The molecule has 0 heterocycles. The third-order valence-corrected chi connectivity index (χ3v) is 4.92. The molecule has 0 atom stereocenters. The number of nitrogen functional groups attached to an aromatic ring is 1. The summed E-state index contributed by atoms with van der Waals surface area (Å²) in [6, 6.07) is 11.7. The molecule has 0 unspecified atom stereocenters. The SMILES string of the molecule is Nc1ccc(Cl)cc1CS(=O)(=O)Cc1ccccc1Cl. The molecule has 106 valence electrons.